The number of allylic oxidation sites excluding steroid dienone is 2. The summed E-state index contributed by atoms with van der Waals surface area (Å²) in [5.74, 6) is -1.51. The predicted octanol–water partition coefficient (Wildman–Crippen LogP) is 4.38. The second kappa shape index (κ2) is 7.09. The molecule has 0 radical (unpaired) electrons. The first-order chi connectivity index (χ1) is 11.3. The van der Waals surface area contributed by atoms with Crippen LogP contribution in [0.5, 0.6) is 0 Å². The largest absolute Gasteiger partial charge is 0.416 e. The smallest absolute Gasteiger partial charge is 0.293 e. The molecule has 122 valence electrons. The third kappa shape index (κ3) is 4.07. The molecule has 2 aromatic rings. The highest BCUT2D eigenvalue weighted by Crippen LogP contribution is 2.30. The van der Waals surface area contributed by atoms with Crippen LogP contribution < -0.4 is 0 Å². The molecule has 0 spiro atoms. The van der Waals surface area contributed by atoms with Crippen LogP contribution >= 0.6 is 0 Å². The third-order valence-electron chi connectivity index (χ3n) is 3.42. The molecule has 0 aliphatic rings. The summed E-state index contributed by atoms with van der Waals surface area (Å²) < 4.78 is 37.7. The Balaban J connectivity index is 2.23. The molecule has 0 aliphatic carbocycles. The van der Waals surface area contributed by atoms with Gasteiger partial charge < -0.3 is 0 Å². The molecule has 1 atom stereocenters. The van der Waals surface area contributed by atoms with E-state index < -0.39 is 23.4 Å². The number of nitrogens with zero attached hydrogens (tertiary/aromatic N) is 2. The van der Waals surface area contributed by atoms with Gasteiger partial charge in [0, 0.05) is 6.20 Å². The molecule has 1 unspecified atom stereocenters. The summed E-state index contributed by atoms with van der Waals surface area (Å²) in [6, 6.07) is 11.3. The minimum Gasteiger partial charge on any atom is -0.293 e. The van der Waals surface area contributed by atoms with Gasteiger partial charge >= 0.3 is 6.18 Å². The highest BCUT2D eigenvalue weighted by Gasteiger charge is 2.30. The molecule has 0 saturated carbocycles. The predicted molar refractivity (Wildman–Crippen MR) is 82.7 cm³/mol. The third-order valence-corrected chi connectivity index (χ3v) is 3.42. The van der Waals surface area contributed by atoms with Gasteiger partial charge in [0.15, 0.2) is 11.7 Å². The minimum absolute atomic E-state index is 0.335. The molecule has 2 rings (SSSR count). The van der Waals surface area contributed by atoms with E-state index >= 15 is 0 Å². The van der Waals surface area contributed by atoms with Crippen molar-refractivity contribution in [2.24, 2.45) is 0 Å². The average molecular weight is 330 g/mol. The number of nitriles is 1. The first kappa shape index (κ1) is 17.4. The number of carbonyl (C=O) groups is 1. The number of hydrogen-bond donors (Lipinski definition) is 0. The van der Waals surface area contributed by atoms with Crippen LogP contribution in [0.4, 0.5) is 13.2 Å². The summed E-state index contributed by atoms with van der Waals surface area (Å²) in [4.78, 5) is 16.3. The van der Waals surface area contributed by atoms with Crippen molar-refractivity contribution >= 4 is 11.4 Å². The Morgan fingerprint density at radius 3 is 2.38 bits per heavy atom. The van der Waals surface area contributed by atoms with Gasteiger partial charge in [0.2, 0.25) is 0 Å². The molecule has 0 N–H and O–H groups in total. The summed E-state index contributed by atoms with van der Waals surface area (Å²) >= 11 is 0. The normalized spacial score (nSPS) is 13.2. The van der Waals surface area contributed by atoms with Crippen LogP contribution in [0.15, 0.2) is 54.7 Å². The summed E-state index contributed by atoms with van der Waals surface area (Å²) in [5, 5.41) is 9.19. The molecule has 1 aromatic carbocycles. The molecule has 1 aromatic heterocycles. The van der Waals surface area contributed by atoms with Gasteiger partial charge in [-0.2, -0.15) is 18.4 Å². The maximum absolute atomic E-state index is 12.6. The monoisotopic (exact) mass is 330 g/mol. The number of halogens is 3. The Hall–Kier alpha value is -2.94. The van der Waals surface area contributed by atoms with Crippen molar-refractivity contribution in [3.8, 4) is 6.07 Å². The van der Waals surface area contributed by atoms with E-state index in [4.69, 9.17) is 0 Å². The van der Waals surface area contributed by atoms with Crippen molar-refractivity contribution in [3.05, 3.63) is 71.6 Å². The van der Waals surface area contributed by atoms with Gasteiger partial charge in [0.1, 0.15) is 0 Å². The lowest BCUT2D eigenvalue weighted by Crippen LogP contribution is -2.10. The fraction of sp³-hybridized carbons (Fsp3) is 0.167. The van der Waals surface area contributed by atoms with Crippen molar-refractivity contribution in [2.75, 3.05) is 0 Å². The molecule has 0 amide bonds. The van der Waals surface area contributed by atoms with Crippen molar-refractivity contribution < 1.29 is 18.0 Å². The maximum Gasteiger partial charge on any atom is 0.416 e. The molecule has 0 fully saturated rings. The fourth-order valence-electron chi connectivity index (χ4n) is 2.12. The number of ketones is 1. The van der Waals surface area contributed by atoms with Crippen LogP contribution in [-0.2, 0) is 11.0 Å². The van der Waals surface area contributed by atoms with Gasteiger partial charge in [-0.1, -0.05) is 18.2 Å². The van der Waals surface area contributed by atoms with E-state index in [1.807, 2.05) is 6.07 Å². The maximum atomic E-state index is 12.6. The Bertz CT molecular complexity index is 788. The Kier molecular flexibility index (Phi) is 5.14. The zero-order valence-electron chi connectivity index (χ0n) is 12.7. The van der Waals surface area contributed by atoms with Crippen molar-refractivity contribution in [1.82, 2.24) is 4.98 Å². The summed E-state index contributed by atoms with van der Waals surface area (Å²) in [6.45, 7) is 1.60. The summed E-state index contributed by atoms with van der Waals surface area (Å²) in [5.41, 5.74) is 0.536. The molecular formula is C18H13F3N2O. The fourth-order valence-corrected chi connectivity index (χ4v) is 2.12. The minimum atomic E-state index is -4.41. The SMILES string of the molecule is CC(=CC(=O)C(C#N)c1ccccn1)c1ccc(C(F)(F)F)cc1. The van der Waals surface area contributed by atoms with Crippen LogP contribution in [0.25, 0.3) is 5.57 Å². The van der Waals surface area contributed by atoms with E-state index in [9.17, 15) is 23.2 Å². The van der Waals surface area contributed by atoms with Gasteiger partial charge in [0.05, 0.1) is 17.3 Å². The zero-order valence-corrected chi connectivity index (χ0v) is 12.7. The van der Waals surface area contributed by atoms with Crippen LogP contribution in [0.2, 0.25) is 0 Å². The average Bonchev–Trinajstić information content (AvgIpc) is 2.56. The molecule has 0 saturated heterocycles. The van der Waals surface area contributed by atoms with Crippen molar-refractivity contribution in [3.63, 3.8) is 0 Å². The van der Waals surface area contributed by atoms with Gasteiger partial charge in [0.25, 0.3) is 0 Å². The number of rotatable bonds is 4. The Morgan fingerprint density at radius 1 is 1.21 bits per heavy atom. The quantitative estimate of drug-likeness (QED) is 0.782. The van der Waals surface area contributed by atoms with Gasteiger partial charge in [-0.3, -0.25) is 9.78 Å². The van der Waals surface area contributed by atoms with E-state index in [0.29, 0.717) is 16.8 Å². The zero-order chi connectivity index (χ0) is 17.7. The molecule has 0 bridgehead atoms. The molecule has 1 heterocycles. The van der Waals surface area contributed by atoms with Gasteiger partial charge in [-0.05, 0) is 48.4 Å². The second-order valence-corrected chi connectivity index (χ2v) is 5.12. The topological polar surface area (TPSA) is 53.8 Å². The number of pyridine rings is 1. The van der Waals surface area contributed by atoms with Gasteiger partial charge in [-0.25, -0.2) is 0 Å². The molecule has 6 heteroatoms. The second-order valence-electron chi connectivity index (χ2n) is 5.12. The lowest BCUT2D eigenvalue weighted by Gasteiger charge is -2.09. The van der Waals surface area contributed by atoms with Crippen LogP contribution in [0.1, 0.15) is 29.7 Å². The Morgan fingerprint density at radius 2 is 1.88 bits per heavy atom. The molecular weight excluding hydrogens is 317 g/mol. The van der Waals surface area contributed by atoms with E-state index in [1.165, 1.54) is 24.4 Å². The number of benzene rings is 1. The highest BCUT2D eigenvalue weighted by molar-refractivity contribution is 6.02. The van der Waals surface area contributed by atoms with Crippen molar-refractivity contribution in [1.29, 1.82) is 5.26 Å². The number of hydrogen-bond acceptors (Lipinski definition) is 3. The number of carbonyl (C=O) groups excluding carboxylic acids is 1. The van der Waals surface area contributed by atoms with E-state index in [-0.39, 0.29) is 0 Å². The summed E-state index contributed by atoms with van der Waals surface area (Å²) in [7, 11) is 0. The van der Waals surface area contributed by atoms with E-state index in [0.717, 1.165) is 12.1 Å². The lowest BCUT2D eigenvalue weighted by atomic mass is 9.97. The van der Waals surface area contributed by atoms with Gasteiger partial charge in [-0.15, -0.1) is 0 Å². The van der Waals surface area contributed by atoms with Crippen molar-refractivity contribution in [2.45, 2.75) is 19.0 Å². The number of alkyl halides is 3. The standard InChI is InChI=1S/C18H13F3N2O/c1-12(13-5-7-14(8-6-13)18(19,20)21)10-17(24)15(11-22)16-4-2-3-9-23-16/h2-10,15H,1H3. The first-order valence-corrected chi connectivity index (χ1v) is 7.03. The molecule has 3 nitrogen and oxygen atoms in total. The first-order valence-electron chi connectivity index (χ1n) is 7.03. The summed E-state index contributed by atoms with van der Waals surface area (Å²) in [6.07, 6.45) is -1.67. The van der Waals surface area contributed by atoms with E-state index in [2.05, 4.69) is 4.98 Å². The lowest BCUT2D eigenvalue weighted by molar-refractivity contribution is -0.137. The van der Waals surface area contributed by atoms with Crippen LogP contribution in [-0.4, -0.2) is 10.8 Å². The van der Waals surface area contributed by atoms with Crippen LogP contribution in [0, 0.1) is 11.3 Å². The van der Waals surface area contributed by atoms with Crippen LogP contribution in [0.3, 0.4) is 0 Å². The Labute approximate surface area is 137 Å². The molecule has 24 heavy (non-hydrogen) atoms. The molecule has 0 aliphatic heterocycles. The highest BCUT2D eigenvalue weighted by atomic mass is 19.4. The van der Waals surface area contributed by atoms with E-state index in [1.54, 1.807) is 25.1 Å². The number of aromatic nitrogens is 1.